The Labute approximate surface area is 255 Å². The molecule has 0 amide bonds. The number of thiophene rings is 1. The number of fused-ring (bicyclic) bond motifs is 12. The first kappa shape index (κ1) is 23.9. The Morgan fingerprint density at radius 2 is 1.05 bits per heavy atom. The number of nitrogens with zero attached hydrogens (tertiary/aromatic N) is 2. The van der Waals surface area contributed by atoms with Crippen LogP contribution in [0.5, 0.6) is 0 Å². The van der Waals surface area contributed by atoms with Crippen LogP contribution in [-0.4, -0.2) is 9.97 Å². The van der Waals surface area contributed by atoms with Gasteiger partial charge in [0.2, 0.25) is 5.71 Å². The van der Waals surface area contributed by atoms with E-state index in [-0.39, 0.29) is 0 Å². The van der Waals surface area contributed by atoms with Crippen LogP contribution in [0.2, 0.25) is 0 Å². The van der Waals surface area contributed by atoms with Gasteiger partial charge in [-0.05, 0) is 51.2 Å². The maximum atomic E-state index is 6.28. The Kier molecular flexibility index (Phi) is 4.87. The molecule has 44 heavy (non-hydrogen) atoms. The van der Waals surface area contributed by atoms with Crippen molar-refractivity contribution in [1.29, 1.82) is 0 Å². The fourth-order valence-electron chi connectivity index (χ4n) is 6.80. The van der Waals surface area contributed by atoms with E-state index in [1.807, 2.05) is 17.4 Å². The van der Waals surface area contributed by atoms with Crippen LogP contribution in [0.4, 0.5) is 0 Å². The van der Waals surface area contributed by atoms with E-state index in [2.05, 4.69) is 127 Å². The Bertz CT molecular complexity index is 2770. The molecular weight excluding hydrogens is 557 g/mol. The van der Waals surface area contributed by atoms with Gasteiger partial charge < -0.3 is 4.42 Å². The number of benzene rings is 7. The minimum absolute atomic E-state index is 0.567. The zero-order valence-corrected chi connectivity index (χ0v) is 24.2. The molecule has 7 aromatic carbocycles. The normalized spacial score (nSPS) is 12.1. The van der Waals surface area contributed by atoms with Gasteiger partial charge in [0.1, 0.15) is 16.6 Å². The van der Waals surface area contributed by atoms with E-state index in [1.165, 1.54) is 42.1 Å². The molecule has 3 aromatic heterocycles. The van der Waals surface area contributed by atoms with Gasteiger partial charge in [0.25, 0.3) is 0 Å². The Morgan fingerprint density at radius 3 is 1.82 bits per heavy atom. The summed E-state index contributed by atoms with van der Waals surface area (Å²) in [4.78, 5) is 10.3. The molecule has 0 spiro atoms. The van der Waals surface area contributed by atoms with Crippen molar-refractivity contribution in [3.8, 4) is 22.3 Å². The molecule has 0 saturated carbocycles. The fraction of sp³-hybridized carbons (Fsp3) is 0. The van der Waals surface area contributed by atoms with Gasteiger partial charge in [0.15, 0.2) is 0 Å². The third-order valence-corrected chi connectivity index (χ3v) is 10.1. The maximum Gasteiger partial charge on any atom is 0.246 e. The highest BCUT2D eigenvalue weighted by Crippen LogP contribution is 2.41. The molecule has 0 atom stereocenters. The fourth-order valence-corrected chi connectivity index (χ4v) is 8.03. The van der Waals surface area contributed by atoms with Gasteiger partial charge in [-0.15, -0.1) is 11.3 Å². The average molecular weight is 579 g/mol. The SMILES string of the molecule is c1ccc2c(c1)sc1c(-c3ccc(-c4ccc5oc6nc7c8ccccc8c8ccccc8c7nc6c5c4)cc3)cccc12. The first-order valence-corrected chi connectivity index (χ1v) is 15.6. The molecule has 0 aliphatic heterocycles. The molecule has 0 aliphatic rings. The highest BCUT2D eigenvalue weighted by Gasteiger charge is 2.17. The highest BCUT2D eigenvalue weighted by molar-refractivity contribution is 7.26. The van der Waals surface area contributed by atoms with Gasteiger partial charge in [-0.3, -0.25) is 0 Å². The van der Waals surface area contributed by atoms with Crippen LogP contribution >= 0.6 is 11.3 Å². The van der Waals surface area contributed by atoms with Crippen LogP contribution in [0.25, 0.3) is 97.2 Å². The third-order valence-electron chi connectivity index (χ3n) is 8.89. The summed E-state index contributed by atoms with van der Waals surface area (Å²) in [5.41, 5.74) is 8.69. The van der Waals surface area contributed by atoms with Gasteiger partial charge in [0.05, 0.1) is 5.52 Å². The minimum atomic E-state index is 0.567. The molecule has 0 fully saturated rings. The van der Waals surface area contributed by atoms with Crippen molar-refractivity contribution in [2.75, 3.05) is 0 Å². The predicted octanol–water partition coefficient (Wildman–Crippen LogP) is 11.5. The smallest absolute Gasteiger partial charge is 0.246 e. The van der Waals surface area contributed by atoms with Gasteiger partial charge in [-0.1, -0.05) is 115 Å². The van der Waals surface area contributed by atoms with E-state index < -0.39 is 0 Å². The summed E-state index contributed by atoms with van der Waals surface area (Å²) in [5.74, 6) is 0. The van der Waals surface area contributed by atoms with Crippen LogP contribution in [0.15, 0.2) is 138 Å². The van der Waals surface area contributed by atoms with Crippen molar-refractivity contribution in [2.45, 2.75) is 0 Å². The molecule has 0 unspecified atom stereocenters. The topological polar surface area (TPSA) is 38.9 Å². The zero-order valence-electron chi connectivity index (χ0n) is 23.4. The van der Waals surface area contributed by atoms with E-state index >= 15 is 0 Å². The van der Waals surface area contributed by atoms with Gasteiger partial charge >= 0.3 is 0 Å². The molecule has 0 aliphatic carbocycles. The van der Waals surface area contributed by atoms with Crippen molar-refractivity contribution in [1.82, 2.24) is 9.97 Å². The van der Waals surface area contributed by atoms with Crippen LogP contribution in [-0.2, 0) is 0 Å². The lowest BCUT2D eigenvalue weighted by Crippen LogP contribution is -1.89. The molecule has 0 saturated heterocycles. The van der Waals surface area contributed by atoms with E-state index in [1.54, 1.807) is 0 Å². The minimum Gasteiger partial charge on any atom is -0.436 e. The number of furan rings is 1. The lowest BCUT2D eigenvalue weighted by Gasteiger charge is -2.08. The largest absolute Gasteiger partial charge is 0.436 e. The van der Waals surface area contributed by atoms with Crippen molar-refractivity contribution in [3.05, 3.63) is 133 Å². The van der Waals surface area contributed by atoms with Gasteiger partial charge in [0, 0.05) is 36.3 Å². The lowest BCUT2D eigenvalue weighted by molar-refractivity contribution is 0.655. The Balaban J connectivity index is 1.12. The summed E-state index contributed by atoms with van der Waals surface area (Å²) in [7, 11) is 0. The van der Waals surface area contributed by atoms with Crippen LogP contribution in [0.3, 0.4) is 0 Å². The number of hydrogen-bond donors (Lipinski definition) is 0. The molecule has 3 nitrogen and oxygen atoms in total. The maximum absolute atomic E-state index is 6.28. The molecular formula is C40H22N2OS. The standard InChI is InChI=1S/C40H22N2OS/c1-3-11-30-27(8-1)28-9-2-4-12-31(28)37-36(30)41-38-33-22-25(20-21-34(33)43-40(38)42-37)23-16-18-24(19-17-23)26-13-7-14-32-29-10-5-6-15-35(29)44-39(26)32/h1-22H. The molecule has 0 bridgehead atoms. The zero-order chi connectivity index (χ0) is 28.8. The summed E-state index contributed by atoms with van der Waals surface area (Å²) in [6, 6.07) is 47.4. The van der Waals surface area contributed by atoms with Crippen LogP contribution in [0.1, 0.15) is 0 Å². The summed E-state index contributed by atoms with van der Waals surface area (Å²) in [6.07, 6.45) is 0. The molecule has 10 rings (SSSR count). The van der Waals surface area contributed by atoms with Crippen molar-refractivity contribution < 1.29 is 4.42 Å². The Morgan fingerprint density at radius 1 is 0.432 bits per heavy atom. The van der Waals surface area contributed by atoms with E-state index in [0.717, 1.165) is 49.4 Å². The molecule has 4 heteroatoms. The number of rotatable bonds is 2. The summed E-state index contributed by atoms with van der Waals surface area (Å²) < 4.78 is 8.94. The van der Waals surface area contributed by atoms with E-state index in [4.69, 9.17) is 14.4 Å². The summed E-state index contributed by atoms with van der Waals surface area (Å²) in [5, 5.41) is 8.16. The van der Waals surface area contributed by atoms with Gasteiger partial charge in [-0.25, -0.2) is 9.97 Å². The quantitative estimate of drug-likeness (QED) is 0.192. The second-order valence-corrected chi connectivity index (χ2v) is 12.4. The number of hydrogen-bond acceptors (Lipinski definition) is 4. The average Bonchev–Trinajstić information content (AvgIpc) is 3.65. The Hall–Kier alpha value is -5.58. The first-order chi connectivity index (χ1) is 21.8. The van der Waals surface area contributed by atoms with Crippen molar-refractivity contribution >= 4 is 86.3 Å². The molecule has 0 radical (unpaired) electrons. The number of aromatic nitrogens is 2. The molecule has 204 valence electrons. The first-order valence-electron chi connectivity index (χ1n) is 14.7. The monoisotopic (exact) mass is 578 g/mol. The second kappa shape index (κ2) is 8.96. The summed E-state index contributed by atoms with van der Waals surface area (Å²) in [6.45, 7) is 0. The lowest BCUT2D eigenvalue weighted by atomic mass is 9.98. The molecule has 10 aromatic rings. The van der Waals surface area contributed by atoms with Crippen molar-refractivity contribution in [3.63, 3.8) is 0 Å². The third kappa shape index (κ3) is 3.37. The summed E-state index contributed by atoms with van der Waals surface area (Å²) >= 11 is 1.87. The van der Waals surface area contributed by atoms with Crippen molar-refractivity contribution in [2.24, 2.45) is 0 Å². The molecule has 3 heterocycles. The predicted molar refractivity (Wildman–Crippen MR) is 186 cm³/mol. The van der Waals surface area contributed by atoms with E-state index in [9.17, 15) is 0 Å². The highest BCUT2D eigenvalue weighted by atomic mass is 32.1. The van der Waals surface area contributed by atoms with Crippen LogP contribution in [0, 0.1) is 0 Å². The second-order valence-electron chi connectivity index (χ2n) is 11.3. The van der Waals surface area contributed by atoms with Crippen LogP contribution < -0.4 is 0 Å². The molecule has 0 N–H and O–H groups in total. The van der Waals surface area contributed by atoms with E-state index in [0.29, 0.717) is 5.71 Å². The van der Waals surface area contributed by atoms with Gasteiger partial charge in [-0.2, -0.15) is 0 Å².